The fourth-order valence-electron chi connectivity index (χ4n) is 3.26. The summed E-state index contributed by atoms with van der Waals surface area (Å²) in [5.74, 6) is -2.95. The Morgan fingerprint density at radius 2 is 1.78 bits per heavy atom. The second-order valence-corrected chi connectivity index (χ2v) is 5.70. The van der Waals surface area contributed by atoms with E-state index in [1.807, 2.05) is 4.90 Å². The van der Waals surface area contributed by atoms with Crippen molar-refractivity contribution in [2.24, 2.45) is 0 Å². The Labute approximate surface area is 131 Å². The third kappa shape index (κ3) is 2.49. The van der Waals surface area contributed by atoms with E-state index < -0.39 is 17.4 Å². The molecule has 8 heteroatoms. The minimum atomic E-state index is -1.49. The minimum absolute atomic E-state index is 0.149. The molecular formula is C15H16FN3O4. The number of hydrogen-bond donors (Lipinski definition) is 2. The summed E-state index contributed by atoms with van der Waals surface area (Å²) < 4.78 is 13.1. The number of anilines is 1. The first-order chi connectivity index (χ1) is 10.9. The van der Waals surface area contributed by atoms with Crippen LogP contribution in [-0.4, -0.2) is 53.1 Å². The average Bonchev–Trinajstić information content (AvgIpc) is 2.85. The molecule has 0 unspecified atom stereocenters. The van der Waals surface area contributed by atoms with E-state index in [9.17, 15) is 18.8 Å². The van der Waals surface area contributed by atoms with Crippen LogP contribution in [0, 0.1) is 5.82 Å². The van der Waals surface area contributed by atoms with Gasteiger partial charge in [0.25, 0.3) is 0 Å². The number of halogens is 1. The summed E-state index contributed by atoms with van der Waals surface area (Å²) in [6, 6.07) is 5.86. The highest BCUT2D eigenvalue weighted by atomic mass is 19.1. The topological polar surface area (TPSA) is 90.0 Å². The molecular weight excluding hydrogens is 305 g/mol. The van der Waals surface area contributed by atoms with Crippen molar-refractivity contribution < 1.29 is 23.9 Å². The van der Waals surface area contributed by atoms with Crippen LogP contribution in [0.2, 0.25) is 0 Å². The smallest absolute Gasteiger partial charge is 0.394 e. The van der Waals surface area contributed by atoms with E-state index in [1.165, 1.54) is 17.0 Å². The molecule has 0 saturated carbocycles. The molecule has 2 saturated heterocycles. The third-order valence-corrected chi connectivity index (χ3v) is 4.54. The third-order valence-electron chi connectivity index (χ3n) is 4.54. The first-order valence-corrected chi connectivity index (χ1v) is 7.28. The van der Waals surface area contributed by atoms with Gasteiger partial charge in [-0.05, 0) is 37.1 Å². The van der Waals surface area contributed by atoms with Gasteiger partial charge < -0.3 is 20.2 Å². The lowest BCUT2D eigenvalue weighted by Gasteiger charge is -2.42. The molecule has 23 heavy (non-hydrogen) atoms. The van der Waals surface area contributed by atoms with Gasteiger partial charge in [-0.15, -0.1) is 0 Å². The van der Waals surface area contributed by atoms with Crippen molar-refractivity contribution >= 4 is 23.5 Å². The molecule has 3 rings (SSSR count). The Morgan fingerprint density at radius 3 is 2.35 bits per heavy atom. The van der Waals surface area contributed by atoms with Gasteiger partial charge in [0.05, 0.1) is 6.67 Å². The Kier molecular flexibility index (Phi) is 3.67. The lowest BCUT2D eigenvalue weighted by atomic mass is 9.85. The van der Waals surface area contributed by atoms with Crippen LogP contribution in [0.15, 0.2) is 24.3 Å². The molecule has 0 bridgehead atoms. The molecule has 2 N–H and O–H groups in total. The van der Waals surface area contributed by atoms with Crippen molar-refractivity contribution in [1.82, 2.24) is 10.2 Å². The van der Waals surface area contributed by atoms with Gasteiger partial charge in [0, 0.05) is 18.8 Å². The highest BCUT2D eigenvalue weighted by Gasteiger charge is 2.51. The molecule has 1 spiro atoms. The maximum absolute atomic E-state index is 13.1. The van der Waals surface area contributed by atoms with Crippen LogP contribution in [0.1, 0.15) is 12.8 Å². The molecule has 0 radical (unpaired) electrons. The van der Waals surface area contributed by atoms with E-state index in [-0.39, 0.29) is 24.8 Å². The van der Waals surface area contributed by atoms with Crippen molar-refractivity contribution in [1.29, 1.82) is 0 Å². The van der Waals surface area contributed by atoms with Crippen molar-refractivity contribution in [3.63, 3.8) is 0 Å². The van der Waals surface area contributed by atoms with Crippen LogP contribution in [-0.2, 0) is 14.4 Å². The number of benzene rings is 1. The van der Waals surface area contributed by atoms with Gasteiger partial charge in [-0.1, -0.05) is 0 Å². The van der Waals surface area contributed by atoms with Crippen LogP contribution in [0.3, 0.4) is 0 Å². The van der Waals surface area contributed by atoms with Crippen LogP contribution < -0.4 is 10.2 Å². The number of likely N-dealkylation sites (tertiary alicyclic amines) is 1. The lowest BCUT2D eigenvalue weighted by molar-refractivity contribution is -0.156. The quantitative estimate of drug-likeness (QED) is 0.720. The van der Waals surface area contributed by atoms with Crippen molar-refractivity contribution in [3.05, 3.63) is 30.1 Å². The van der Waals surface area contributed by atoms with Crippen LogP contribution >= 0.6 is 0 Å². The molecule has 7 nitrogen and oxygen atoms in total. The number of carbonyl (C=O) groups is 3. The fraction of sp³-hybridized carbons (Fsp3) is 0.400. The summed E-state index contributed by atoms with van der Waals surface area (Å²) in [7, 11) is 0. The number of carboxylic acid groups (broad SMARTS) is 1. The van der Waals surface area contributed by atoms with Gasteiger partial charge in [-0.2, -0.15) is 0 Å². The molecule has 1 aromatic carbocycles. The van der Waals surface area contributed by atoms with Crippen LogP contribution in [0.25, 0.3) is 0 Å². The standard InChI is InChI=1S/C15H16FN3O4/c16-10-1-3-11(4-2-10)19-9-17-14(23)15(19)5-7-18(8-6-15)12(20)13(21)22/h1-4H,5-9H2,(H,17,23)(H,21,22). The molecule has 0 aliphatic carbocycles. The number of nitrogens with one attached hydrogen (secondary N) is 1. The first-order valence-electron chi connectivity index (χ1n) is 7.28. The molecule has 1 aromatic rings. The van der Waals surface area contributed by atoms with Crippen molar-refractivity contribution in [2.45, 2.75) is 18.4 Å². The molecule has 2 amide bonds. The average molecular weight is 321 g/mol. The van der Waals surface area contributed by atoms with Gasteiger partial charge in [0.15, 0.2) is 0 Å². The predicted molar refractivity (Wildman–Crippen MR) is 78.1 cm³/mol. The maximum Gasteiger partial charge on any atom is 0.394 e. The van der Waals surface area contributed by atoms with Gasteiger partial charge in [-0.25, -0.2) is 9.18 Å². The normalized spacial score (nSPS) is 19.8. The van der Waals surface area contributed by atoms with E-state index in [0.29, 0.717) is 25.2 Å². The summed E-state index contributed by atoms with van der Waals surface area (Å²) in [6.07, 6.45) is 0.657. The number of carboxylic acids is 1. The van der Waals surface area contributed by atoms with Crippen molar-refractivity contribution in [2.75, 3.05) is 24.7 Å². The second kappa shape index (κ2) is 5.53. The SMILES string of the molecule is O=C(O)C(=O)N1CCC2(CC1)C(=O)NCN2c1ccc(F)cc1. The summed E-state index contributed by atoms with van der Waals surface area (Å²) in [4.78, 5) is 37.8. The maximum atomic E-state index is 13.1. The molecule has 2 fully saturated rings. The number of amides is 2. The molecule has 2 aliphatic heterocycles. The van der Waals surface area contributed by atoms with E-state index in [4.69, 9.17) is 5.11 Å². The molecule has 122 valence electrons. The Balaban J connectivity index is 1.82. The summed E-state index contributed by atoms with van der Waals surface area (Å²) in [5, 5.41) is 11.6. The van der Waals surface area contributed by atoms with Crippen LogP contribution in [0.4, 0.5) is 10.1 Å². The highest BCUT2D eigenvalue weighted by molar-refractivity contribution is 6.31. The summed E-state index contributed by atoms with van der Waals surface area (Å²) >= 11 is 0. The molecule has 0 atom stereocenters. The Bertz CT molecular complexity index is 653. The highest BCUT2D eigenvalue weighted by Crippen LogP contribution is 2.36. The van der Waals surface area contributed by atoms with Gasteiger partial charge >= 0.3 is 11.9 Å². The molecule has 0 aromatic heterocycles. The number of piperidine rings is 1. The van der Waals surface area contributed by atoms with Crippen LogP contribution in [0.5, 0.6) is 0 Å². The van der Waals surface area contributed by atoms with Gasteiger partial charge in [-0.3, -0.25) is 9.59 Å². The number of aliphatic carboxylic acids is 1. The zero-order chi connectivity index (χ0) is 16.6. The zero-order valence-corrected chi connectivity index (χ0v) is 12.3. The number of rotatable bonds is 1. The van der Waals surface area contributed by atoms with E-state index in [2.05, 4.69) is 5.32 Å². The number of carbonyl (C=O) groups excluding carboxylic acids is 2. The lowest BCUT2D eigenvalue weighted by Crippen LogP contribution is -2.57. The second-order valence-electron chi connectivity index (χ2n) is 5.70. The zero-order valence-electron chi connectivity index (χ0n) is 12.3. The van der Waals surface area contributed by atoms with Crippen molar-refractivity contribution in [3.8, 4) is 0 Å². The summed E-state index contributed by atoms with van der Waals surface area (Å²) in [6.45, 7) is 0.684. The monoisotopic (exact) mass is 321 g/mol. The Morgan fingerprint density at radius 1 is 1.17 bits per heavy atom. The largest absolute Gasteiger partial charge is 0.474 e. The van der Waals surface area contributed by atoms with E-state index >= 15 is 0 Å². The first kappa shape index (κ1) is 15.3. The van der Waals surface area contributed by atoms with E-state index in [1.54, 1.807) is 12.1 Å². The minimum Gasteiger partial charge on any atom is -0.474 e. The van der Waals surface area contributed by atoms with Gasteiger partial charge in [0.1, 0.15) is 11.4 Å². The molecule has 2 heterocycles. The molecule has 2 aliphatic rings. The number of hydrogen-bond acceptors (Lipinski definition) is 4. The fourth-order valence-corrected chi connectivity index (χ4v) is 3.26. The summed E-state index contributed by atoms with van der Waals surface area (Å²) in [5.41, 5.74) is -0.115. The number of nitrogens with zero attached hydrogens (tertiary/aromatic N) is 2. The predicted octanol–water partition coefficient (Wildman–Crippen LogP) is 0.165. The van der Waals surface area contributed by atoms with E-state index in [0.717, 1.165) is 0 Å². The Hall–Kier alpha value is -2.64. The van der Waals surface area contributed by atoms with Gasteiger partial charge in [0.2, 0.25) is 5.91 Å².